The van der Waals surface area contributed by atoms with E-state index >= 15 is 0 Å². The fraction of sp³-hybridized carbons (Fsp3) is 0.941. The van der Waals surface area contributed by atoms with E-state index in [2.05, 4.69) is 37.9 Å². The van der Waals surface area contributed by atoms with Crippen LogP contribution in [0.5, 0.6) is 0 Å². The van der Waals surface area contributed by atoms with Crippen molar-refractivity contribution in [1.82, 2.24) is 10.2 Å². The highest BCUT2D eigenvalue weighted by atomic mass is 16.6. The molecule has 1 fully saturated rings. The second-order valence-electron chi connectivity index (χ2n) is 8.76. The maximum absolute atomic E-state index is 12.0. The molecule has 1 saturated heterocycles. The lowest BCUT2D eigenvalue weighted by Crippen LogP contribution is -2.51. The zero-order chi connectivity index (χ0) is 16.3. The van der Waals surface area contributed by atoms with Gasteiger partial charge in [0.15, 0.2) is 0 Å². The summed E-state index contributed by atoms with van der Waals surface area (Å²) in [6.07, 6.45) is 1.18. The lowest BCUT2D eigenvalue weighted by molar-refractivity contribution is -0.156. The van der Waals surface area contributed by atoms with Crippen LogP contribution in [0, 0.1) is 11.3 Å². The van der Waals surface area contributed by atoms with Crippen molar-refractivity contribution in [2.24, 2.45) is 11.3 Å². The number of hydrogen-bond acceptors (Lipinski definition) is 4. The number of hydrogen-bond donors (Lipinski definition) is 1. The van der Waals surface area contributed by atoms with Crippen LogP contribution in [0.2, 0.25) is 0 Å². The summed E-state index contributed by atoms with van der Waals surface area (Å²) in [7, 11) is 0. The summed E-state index contributed by atoms with van der Waals surface area (Å²) in [6, 6.07) is 0.468. The second-order valence-corrected chi connectivity index (χ2v) is 8.76. The van der Waals surface area contributed by atoms with Gasteiger partial charge in [0.1, 0.15) is 5.60 Å². The first-order valence-corrected chi connectivity index (χ1v) is 8.12. The molecule has 124 valence electrons. The summed E-state index contributed by atoms with van der Waals surface area (Å²) in [6.45, 7) is 18.0. The van der Waals surface area contributed by atoms with Crippen LogP contribution in [0.3, 0.4) is 0 Å². The first-order chi connectivity index (χ1) is 9.44. The molecule has 0 amide bonds. The fourth-order valence-corrected chi connectivity index (χ4v) is 2.75. The molecule has 0 aromatic carbocycles. The Hall–Kier alpha value is -0.610. The normalized spacial score (nSPS) is 24.9. The van der Waals surface area contributed by atoms with Crippen LogP contribution in [0.1, 0.15) is 54.9 Å². The molecule has 4 heteroatoms. The summed E-state index contributed by atoms with van der Waals surface area (Å²) >= 11 is 0. The molecule has 4 nitrogen and oxygen atoms in total. The van der Waals surface area contributed by atoms with Gasteiger partial charge < -0.3 is 10.1 Å². The maximum atomic E-state index is 12.0. The molecule has 0 radical (unpaired) electrons. The van der Waals surface area contributed by atoms with Crippen LogP contribution in [-0.4, -0.2) is 48.7 Å². The second kappa shape index (κ2) is 7.10. The van der Waals surface area contributed by atoms with Crippen molar-refractivity contribution in [3.8, 4) is 0 Å². The van der Waals surface area contributed by atoms with E-state index in [-0.39, 0.29) is 11.4 Å². The number of esters is 1. The van der Waals surface area contributed by atoms with E-state index in [9.17, 15) is 4.79 Å². The smallest absolute Gasteiger partial charge is 0.320 e. The minimum atomic E-state index is -0.400. The van der Waals surface area contributed by atoms with Gasteiger partial charge in [0.05, 0.1) is 6.54 Å². The van der Waals surface area contributed by atoms with Crippen LogP contribution in [0.4, 0.5) is 0 Å². The number of carbonyl (C=O) groups excluding carboxylic acids is 1. The molecule has 2 atom stereocenters. The van der Waals surface area contributed by atoms with Crippen LogP contribution in [0.25, 0.3) is 0 Å². The number of rotatable bonds is 4. The molecular formula is C17H34N2O2. The Bertz CT molecular complexity index is 342. The van der Waals surface area contributed by atoms with Crippen LogP contribution >= 0.6 is 0 Å². The Kier molecular flexibility index (Phi) is 6.23. The van der Waals surface area contributed by atoms with Gasteiger partial charge in [-0.3, -0.25) is 9.69 Å². The van der Waals surface area contributed by atoms with Gasteiger partial charge in [-0.05, 0) is 38.5 Å². The molecular weight excluding hydrogens is 264 g/mol. The monoisotopic (exact) mass is 298 g/mol. The highest BCUT2D eigenvalue weighted by Crippen LogP contribution is 2.19. The Balaban J connectivity index is 2.46. The van der Waals surface area contributed by atoms with Crippen molar-refractivity contribution in [2.45, 2.75) is 66.5 Å². The molecule has 2 unspecified atom stereocenters. The SMILES string of the molecule is CC1CC(NCC(C)(C)C)CN(CC(=O)OC(C)(C)C)C1. The lowest BCUT2D eigenvalue weighted by atomic mass is 9.93. The van der Waals surface area contributed by atoms with E-state index < -0.39 is 5.60 Å². The number of carbonyl (C=O) groups is 1. The third kappa shape index (κ3) is 8.42. The Morgan fingerprint density at radius 3 is 2.33 bits per heavy atom. The van der Waals surface area contributed by atoms with Gasteiger partial charge in [0.25, 0.3) is 0 Å². The Morgan fingerprint density at radius 1 is 1.19 bits per heavy atom. The molecule has 1 rings (SSSR count). The number of ether oxygens (including phenoxy) is 1. The maximum Gasteiger partial charge on any atom is 0.320 e. The summed E-state index contributed by atoms with van der Waals surface area (Å²) < 4.78 is 5.42. The first-order valence-electron chi connectivity index (χ1n) is 8.12. The molecule has 1 N–H and O–H groups in total. The highest BCUT2D eigenvalue weighted by Gasteiger charge is 2.28. The number of piperidine rings is 1. The molecule has 0 spiro atoms. The zero-order valence-corrected chi connectivity index (χ0v) is 15.0. The zero-order valence-electron chi connectivity index (χ0n) is 15.0. The molecule has 1 aliphatic rings. The van der Waals surface area contributed by atoms with Crippen molar-refractivity contribution >= 4 is 5.97 Å². The van der Waals surface area contributed by atoms with Gasteiger partial charge in [0, 0.05) is 25.7 Å². The first kappa shape index (κ1) is 18.4. The predicted molar refractivity (Wildman–Crippen MR) is 87.3 cm³/mol. The van der Waals surface area contributed by atoms with Gasteiger partial charge in [-0.2, -0.15) is 0 Å². The molecule has 21 heavy (non-hydrogen) atoms. The summed E-state index contributed by atoms with van der Waals surface area (Å²) in [4.78, 5) is 14.2. The largest absolute Gasteiger partial charge is 0.459 e. The van der Waals surface area contributed by atoms with E-state index in [1.165, 1.54) is 6.42 Å². The minimum absolute atomic E-state index is 0.119. The van der Waals surface area contributed by atoms with Gasteiger partial charge in [0.2, 0.25) is 0 Å². The predicted octanol–water partition coefficient (Wildman–Crippen LogP) is 2.67. The lowest BCUT2D eigenvalue weighted by Gasteiger charge is -2.37. The van der Waals surface area contributed by atoms with E-state index in [0.29, 0.717) is 18.5 Å². The van der Waals surface area contributed by atoms with Crippen molar-refractivity contribution in [3.05, 3.63) is 0 Å². The van der Waals surface area contributed by atoms with Gasteiger partial charge in [-0.25, -0.2) is 0 Å². The molecule has 0 bridgehead atoms. The van der Waals surface area contributed by atoms with Gasteiger partial charge >= 0.3 is 5.97 Å². The van der Waals surface area contributed by atoms with Crippen molar-refractivity contribution < 1.29 is 9.53 Å². The molecule has 0 aliphatic carbocycles. The molecule has 0 aromatic heterocycles. The average molecular weight is 298 g/mol. The van der Waals surface area contributed by atoms with E-state index in [4.69, 9.17) is 4.74 Å². The number of nitrogens with zero attached hydrogens (tertiary/aromatic N) is 1. The van der Waals surface area contributed by atoms with Crippen LogP contribution in [0.15, 0.2) is 0 Å². The molecule has 0 saturated carbocycles. The molecule has 1 aliphatic heterocycles. The van der Waals surface area contributed by atoms with Gasteiger partial charge in [-0.1, -0.05) is 27.7 Å². The third-order valence-corrected chi connectivity index (χ3v) is 3.43. The average Bonchev–Trinajstić information content (AvgIpc) is 2.21. The van der Waals surface area contributed by atoms with Crippen molar-refractivity contribution in [3.63, 3.8) is 0 Å². The van der Waals surface area contributed by atoms with E-state index in [1.807, 2.05) is 20.8 Å². The molecule has 0 aromatic rings. The topological polar surface area (TPSA) is 41.6 Å². The van der Waals surface area contributed by atoms with E-state index in [0.717, 1.165) is 19.6 Å². The summed E-state index contributed by atoms with van der Waals surface area (Å²) in [5.41, 5.74) is -0.112. The van der Waals surface area contributed by atoms with Crippen LogP contribution < -0.4 is 5.32 Å². The fourth-order valence-electron chi connectivity index (χ4n) is 2.75. The van der Waals surface area contributed by atoms with E-state index in [1.54, 1.807) is 0 Å². The Labute approximate surface area is 130 Å². The van der Waals surface area contributed by atoms with Crippen LogP contribution in [-0.2, 0) is 9.53 Å². The third-order valence-electron chi connectivity index (χ3n) is 3.43. The molecule has 1 heterocycles. The van der Waals surface area contributed by atoms with Crippen molar-refractivity contribution in [2.75, 3.05) is 26.2 Å². The van der Waals surface area contributed by atoms with Crippen molar-refractivity contribution in [1.29, 1.82) is 0 Å². The minimum Gasteiger partial charge on any atom is -0.459 e. The summed E-state index contributed by atoms with van der Waals surface area (Å²) in [5, 5.41) is 3.65. The standard InChI is InChI=1S/C17H34N2O2/c1-13-8-14(18-12-16(2,3)4)10-19(9-13)11-15(20)21-17(5,6)7/h13-14,18H,8-12H2,1-7H3. The number of nitrogens with one attached hydrogen (secondary N) is 1. The summed E-state index contributed by atoms with van der Waals surface area (Å²) in [5.74, 6) is 0.491. The Morgan fingerprint density at radius 2 is 1.81 bits per heavy atom. The number of likely N-dealkylation sites (tertiary alicyclic amines) is 1. The highest BCUT2D eigenvalue weighted by molar-refractivity contribution is 5.72. The van der Waals surface area contributed by atoms with Gasteiger partial charge in [-0.15, -0.1) is 0 Å². The quantitative estimate of drug-likeness (QED) is 0.810.